The lowest BCUT2D eigenvalue weighted by Crippen LogP contribution is -2.23. The minimum atomic E-state index is -0.114. The van der Waals surface area contributed by atoms with Gasteiger partial charge in [0.25, 0.3) is 0 Å². The third kappa shape index (κ3) is 2.24. The third-order valence-electron chi connectivity index (χ3n) is 2.82. The second kappa shape index (κ2) is 4.82. The van der Waals surface area contributed by atoms with Crippen LogP contribution in [0.2, 0.25) is 5.02 Å². The Hall–Kier alpha value is -1.81. The first-order valence-corrected chi connectivity index (χ1v) is 5.90. The molecule has 0 aliphatic heterocycles. The smallest absolute Gasteiger partial charge is 0.239 e. The van der Waals surface area contributed by atoms with E-state index in [-0.39, 0.29) is 18.2 Å². The molecule has 94 valence electrons. The fourth-order valence-electron chi connectivity index (χ4n) is 1.91. The first kappa shape index (κ1) is 12.6. The molecule has 0 fully saturated rings. The van der Waals surface area contributed by atoms with Gasteiger partial charge < -0.3 is 9.88 Å². The number of nitrogens with zero attached hydrogens (tertiary/aromatic N) is 1. The van der Waals surface area contributed by atoms with Crippen molar-refractivity contribution in [1.29, 1.82) is 0 Å². The van der Waals surface area contributed by atoms with E-state index in [1.165, 1.54) is 6.92 Å². The van der Waals surface area contributed by atoms with Gasteiger partial charge in [0.15, 0.2) is 5.78 Å². The number of halogens is 1. The standard InChI is InChI=1S/C13H13ClN2O2/c1-8(17)11-6-16(7-13(18)15-2)12-4-3-9(14)5-10(11)12/h3-6H,7H2,1-2H3,(H,15,18). The van der Waals surface area contributed by atoms with E-state index >= 15 is 0 Å². The Morgan fingerprint density at radius 3 is 2.72 bits per heavy atom. The molecule has 0 saturated carbocycles. The molecule has 1 amide bonds. The summed E-state index contributed by atoms with van der Waals surface area (Å²) in [6.07, 6.45) is 1.69. The van der Waals surface area contributed by atoms with Gasteiger partial charge in [0.05, 0.1) is 0 Å². The van der Waals surface area contributed by atoms with Crippen LogP contribution in [0.25, 0.3) is 10.9 Å². The molecule has 0 aliphatic rings. The second-order valence-electron chi connectivity index (χ2n) is 4.06. The summed E-state index contributed by atoms with van der Waals surface area (Å²) < 4.78 is 1.75. The molecule has 5 heteroatoms. The lowest BCUT2D eigenvalue weighted by atomic mass is 10.1. The minimum absolute atomic E-state index is 0.0436. The van der Waals surface area contributed by atoms with Gasteiger partial charge >= 0.3 is 0 Å². The number of fused-ring (bicyclic) bond motifs is 1. The normalized spacial score (nSPS) is 10.6. The van der Waals surface area contributed by atoms with Crippen LogP contribution in [-0.2, 0) is 11.3 Å². The topological polar surface area (TPSA) is 51.1 Å². The van der Waals surface area contributed by atoms with Crippen LogP contribution in [0.1, 0.15) is 17.3 Å². The first-order chi connectivity index (χ1) is 8.52. The number of rotatable bonds is 3. The highest BCUT2D eigenvalue weighted by atomic mass is 35.5. The molecular formula is C13H13ClN2O2. The van der Waals surface area contributed by atoms with Gasteiger partial charge in [-0.15, -0.1) is 0 Å². The highest BCUT2D eigenvalue weighted by Crippen LogP contribution is 2.25. The van der Waals surface area contributed by atoms with E-state index in [4.69, 9.17) is 11.6 Å². The fourth-order valence-corrected chi connectivity index (χ4v) is 2.09. The van der Waals surface area contributed by atoms with Crippen LogP contribution in [0.3, 0.4) is 0 Å². The molecule has 0 aliphatic carbocycles. The van der Waals surface area contributed by atoms with Gasteiger partial charge in [0.2, 0.25) is 5.91 Å². The summed E-state index contributed by atoms with van der Waals surface area (Å²) in [4.78, 5) is 23.0. The number of hydrogen-bond acceptors (Lipinski definition) is 2. The summed E-state index contributed by atoms with van der Waals surface area (Å²) in [5.41, 5.74) is 1.41. The molecule has 0 atom stereocenters. The van der Waals surface area contributed by atoms with Gasteiger partial charge in [0, 0.05) is 34.7 Å². The molecule has 1 aromatic heterocycles. The Morgan fingerprint density at radius 2 is 2.11 bits per heavy atom. The molecule has 18 heavy (non-hydrogen) atoms. The van der Waals surface area contributed by atoms with Crippen molar-refractivity contribution < 1.29 is 9.59 Å². The Kier molecular flexibility index (Phi) is 3.39. The van der Waals surface area contributed by atoms with Gasteiger partial charge in [-0.1, -0.05) is 11.6 Å². The van der Waals surface area contributed by atoms with Crippen molar-refractivity contribution in [1.82, 2.24) is 9.88 Å². The molecule has 2 rings (SSSR count). The van der Waals surface area contributed by atoms with E-state index in [2.05, 4.69) is 5.32 Å². The maximum atomic E-state index is 11.6. The number of amides is 1. The van der Waals surface area contributed by atoms with Crippen molar-refractivity contribution in [2.45, 2.75) is 13.5 Å². The molecule has 0 unspecified atom stereocenters. The number of benzene rings is 1. The maximum absolute atomic E-state index is 11.6. The van der Waals surface area contributed by atoms with Gasteiger partial charge in [-0.25, -0.2) is 0 Å². The van der Waals surface area contributed by atoms with E-state index in [1.807, 2.05) is 6.07 Å². The summed E-state index contributed by atoms with van der Waals surface area (Å²) in [5, 5.41) is 3.91. The van der Waals surface area contributed by atoms with E-state index in [1.54, 1.807) is 29.9 Å². The molecule has 1 heterocycles. The van der Waals surface area contributed by atoms with Gasteiger partial charge in [-0.2, -0.15) is 0 Å². The van der Waals surface area contributed by atoms with Crippen molar-refractivity contribution >= 4 is 34.2 Å². The zero-order valence-electron chi connectivity index (χ0n) is 10.2. The van der Waals surface area contributed by atoms with Gasteiger partial charge in [0.1, 0.15) is 6.54 Å². The predicted molar refractivity (Wildman–Crippen MR) is 71.0 cm³/mol. The molecule has 0 radical (unpaired) electrons. The number of ketones is 1. The van der Waals surface area contributed by atoms with Gasteiger partial charge in [-0.05, 0) is 25.1 Å². The first-order valence-electron chi connectivity index (χ1n) is 5.53. The van der Waals surface area contributed by atoms with Crippen LogP contribution < -0.4 is 5.32 Å². The average molecular weight is 265 g/mol. The summed E-state index contributed by atoms with van der Waals surface area (Å²) in [7, 11) is 1.58. The van der Waals surface area contributed by atoms with E-state index in [0.29, 0.717) is 10.6 Å². The van der Waals surface area contributed by atoms with Crippen LogP contribution in [0, 0.1) is 0 Å². The molecule has 1 N–H and O–H groups in total. The minimum Gasteiger partial charge on any atom is -0.358 e. The summed E-state index contributed by atoms with van der Waals surface area (Å²) in [5.74, 6) is -0.158. The Balaban J connectivity index is 2.61. The SMILES string of the molecule is CNC(=O)Cn1cc(C(C)=O)c2cc(Cl)ccc21. The van der Waals surface area contributed by atoms with Crippen LogP contribution in [0.15, 0.2) is 24.4 Å². The van der Waals surface area contributed by atoms with Crippen LogP contribution in [0.4, 0.5) is 0 Å². The van der Waals surface area contributed by atoms with Crippen molar-refractivity contribution in [2.75, 3.05) is 7.05 Å². The van der Waals surface area contributed by atoms with E-state index in [0.717, 1.165) is 10.9 Å². The van der Waals surface area contributed by atoms with Crippen LogP contribution >= 0.6 is 11.6 Å². The number of likely N-dealkylation sites (N-methyl/N-ethyl adjacent to an activating group) is 1. The predicted octanol–water partition coefficient (Wildman–Crippen LogP) is 2.24. The number of Topliss-reactive ketones (excluding diaryl/α,β-unsaturated/α-hetero) is 1. The summed E-state index contributed by atoms with van der Waals surface area (Å²) in [6.45, 7) is 1.68. The van der Waals surface area contributed by atoms with E-state index < -0.39 is 0 Å². The number of carbonyl (C=O) groups is 2. The molecule has 0 bridgehead atoms. The molecule has 0 spiro atoms. The highest BCUT2D eigenvalue weighted by molar-refractivity contribution is 6.31. The van der Waals surface area contributed by atoms with Crippen molar-refractivity contribution in [2.24, 2.45) is 0 Å². The monoisotopic (exact) mass is 264 g/mol. The van der Waals surface area contributed by atoms with Gasteiger partial charge in [-0.3, -0.25) is 9.59 Å². The highest BCUT2D eigenvalue weighted by Gasteiger charge is 2.13. The molecule has 2 aromatic rings. The Morgan fingerprint density at radius 1 is 1.39 bits per heavy atom. The summed E-state index contributed by atoms with van der Waals surface area (Å²) >= 11 is 5.94. The molecular weight excluding hydrogens is 252 g/mol. The van der Waals surface area contributed by atoms with Crippen molar-refractivity contribution in [3.8, 4) is 0 Å². The Bertz CT molecular complexity index is 631. The largest absolute Gasteiger partial charge is 0.358 e. The number of carbonyl (C=O) groups excluding carboxylic acids is 2. The zero-order chi connectivity index (χ0) is 13.3. The van der Waals surface area contributed by atoms with Crippen LogP contribution in [0.5, 0.6) is 0 Å². The third-order valence-corrected chi connectivity index (χ3v) is 3.05. The van der Waals surface area contributed by atoms with E-state index in [9.17, 15) is 9.59 Å². The number of hydrogen-bond donors (Lipinski definition) is 1. The molecule has 4 nitrogen and oxygen atoms in total. The fraction of sp³-hybridized carbons (Fsp3) is 0.231. The van der Waals surface area contributed by atoms with Crippen molar-refractivity contribution in [3.05, 3.63) is 35.0 Å². The quantitative estimate of drug-likeness (QED) is 0.865. The second-order valence-corrected chi connectivity index (χ2v) is 4.50. The molecule has 0 saturated heterocycles. The lowest BCUT2D eigenvalue weighted by molar-refractivity contribution is -0.121. The lowest BCUT2D eigenvalue weighted by Gasteiger charge is -2.03. The maximum Gasteiger partial charge on any atom is 0.239 e. The zero-order valence-corrected chi connectivity index (χ0v) is 10.9. The van der Waals surface area contributed by atoms with Crippen LogP contribution in [-0.4, -0.2) is 23.3 Å². The number of nitrogens with one attached hydrogen (secondary N) is 1. The molecule has 1 aromatic carbocycles. The summed E-state index contributed by atoms with van der Waals surface area (Å²) in [6, 6.07) is 5.30. The average Bonchev–Trinajstić information content (AvgIpc) is 2.67. The number of aromatic nitrogens is 1. The Labute approximate surface area is 110 Å². The van der Waals surface area contributed by atoms with Crippen molar-refractivity contribution in [3.63, 3.8) is 0 Å².